The molecule has 0 unspecified atom stereocenters. The summed E-state index contributed by atoms with van der Waals surface area (Å²) in [4.78, 5) is 14.6. The number of halogens is 1. The van der Waals surface area contributed by atoms with Crippen molar-refractivity contribution >= 4 is 17.5 Å². The van der Waals surface area contributed by atoms with Crippen molar-refractivity contribution in [2.24, 2.45) is 17.6 Å². The summed E-state index contributed by atoms with van der Waals surface area (Å²) in [5, 5.41) is 0.398. The fourth-order valence-electron chi connectivity index (χ4n) is 2.79. The molecule has 1 aromatic rings. The number of rotatable bonds is 6. The maximum absolute atomic E-state index is 12.7. The van der Waals surface area contributed by atoms with Crippen molar-refractivity contribution in [3.63, 3.8) is 0 Å². The average Bonchev–Trinajstić information content (AvgIpc) is 2.59. The van der Waals surface area contributed by atoms with Crippen molar-refractivity contribution in [1.82, 2.24) is 4.90 Å². The molecule has 0 saturated carbocycles. The van der Waals surface area contributed by atoms with E-state index in [4.69, 9.17) is 26.8 Å². The first-order valence-corrected chi connectivity index (χ1v) is 8.83. The van der Waals surface area contributed by atoms with Crippen LogP contribution in [0.4, 0.5) is 0 Å². The minimum absolute atomic E-state index is 0.0268. The summed E-state index contributed by atoms with van der Waals surface area (Å²) in [6.07, 6.45) is 1.89. The van der Waals surface area contributed by atoms with Crippen LogP contribution in [0.5, 0.6) is 11.5 Å². The first-order valence-electron chi connectivity index (χ1n) is 8.45. The largest absolute Gasteiger partial charge is 0.493 e. The lowest BCUT2D eigenvalue weighted by atomic mass is 9.96. The van der Waals surface area contributed by atoms with Crippen LogP contribution in [-0.2, 0) is 0 Å². The van der Waals surface area contributed by atoms with E-state index in [0.29, 0.717) is 47.1 Å². The Morgan fingerprint density at radius 3 is 2.58 bits per heavy atom. The third-order valence-corrected chi connectivity index (χ3v) is 4.55. The predicted molar refractivity (Wildman–Crippen MR) is 96.0 cm³/mol. The summed E-state index contributed by atoms with van der Waals surface area (Å²) in [7, 11) is 1.55. The van der Waals surface area contributed by atoms with E-state index in [-0.39, 0.29) is 5.91 Å². The summed E-state index contributed by atoms with van der Waals surface area (Å²) in [6, 6.07) is 3.37. The van der Waals surface area contributed by atoms with Crippen molar-refractivity contribution in [1.29, 1.82) is 0 Å². The zero-order valence-electron chi connectivity index (χ0n) is 14.7. The molecular formula is C18H27ClN2O3. The summed E-state index contributed by atoms with van der Waals surface area (Å²) < 4.78 is 11.1. The molecule has 1 aliphatic heterocycles. The van der Waals surface area contributed by atoms with Crippen LogP contribution in [0.15, 0.2) is 12.1 Å². The van der Waals surface area contributed by atoms with E-state index in [9.17, 15) is 4.79 Å². The van der Waals surface area contributed by atoms with Gasteiger partial charge in [0.2, 0.25) is 0 Å². The highest BCUT2D eigenvalue weighted by Crippen LogP contribution is 2.37. The first kappa shape index (κ1) is 18.9. The Balaban J connectivity index is 2.16. The number of hydrogen-bond donors (Lipinski definition) is 1. The highest BCUT2D eigenvalue weighted by molar-refractivity contribution is 6.32. The number of nitrogens with zero attached hydrogens (tertiary/aromatic N) is 1. The first-order chi connectivity index (χ1) is 11.5. The molecule has 5 nitrogen and oxygen atoms in total. The number of benzene rings is 1. The van der Waals surface area contributed by atoms with E-state index in [0.717, 1.165) is 25.9 Å². The molecule has 0 spiro atoms. The molecule has 0 radical (unpaired) electrons. The van der Waals surface area contributed by atoms with Gasteiger partial charge in [0.05, 0.1) is 18.7 Å². The van der Waals surface area contributed by atoms with Gasteiger partial charge in [-0.05, 0) is 43.4 Å². The normalized spacial score (nSPS) is 15.7. The fraction of sp³-hybridized carbons (Fsp3) is 0.611. The Bertz CT molecular complexity index is 570. The maximum Gasteiger partial charge on any atom is 0.254 e. The van der Waals surface area contributed by atoms with Crippen LogP contribution >= 0.6 is 11.6 Å². The molecule has 1 saturated heterocycles. The molecule has 2 rings (SSSR count). The molecule has 1 aliphatic rings. The number of likely N-dealkylation sites (tertiary alicyclic amines) is 1. The lowest BCUT2D eigenvalue weighted by Gasteiger charge is -2.31. The topological polar surface area (TPSA) is 64.8 Å². The maximum atomic E-state index is 12.7. The number of amides is 1. The molecule has 24 heavy (non-hydrogen) atoms. The Hall–Kier alpha value is -1.46. The van der Waals surface area contributed by atoms with E-state index < -0.39 is 0 Å². The second-order valence-corrected chi connectivity index (χ2v) is 7.07. The number of hydrogen-bond acceptors (Lipinski definition) is 4. The van der Waals surface area contributed by atoms with E-state index >= 15 is 0 Å². The number of piperidine rings is 1. The molecule has 1 heterocycles. The van der Waals surface area contributed by atoms with Crippen molar-refractivity contribution in [2.75, 3.05) is 33.4 Å². The van der Waals surface area contributed by atoms with Crippen LogP contribution in [0, 0.1) is 11.8 Å². The van der Waals surface area contributed by atoms with E-state index in [1.54, 1.807) is 19.2 Å². The van der Waals surface area contributed by atoms with Crippen molar-refractivity contribution < 1.29 is 14.3 Å². The molecule has 0 bridgehead atoms. The lowest BCUT2D eigenvalue weighted by Crippen LogP contribution is -2.40. The van der Waals surface area contributed by atoms with Crippen LogP contribution in [0.2, 0.25) is 5.02 Å². The quantitative estimate of drug-likeness (QED) is 0.852. The van der Waals surface area contributed by atoms with Crippen molar-refractivity contribution in [2.45, 2.75) is 26.7 Å². The van der Waals surface area contributed by atoms with Crippen LogP contribution in [0.3, 0.4) is 0 Å². The Kier molecular flexibility index (Phi) is 6.75. The van der Waals surface area contributed by atoms with Crippen molar-refractivity contribution in [3.8, 4) is 11.5 Å². The molecule has 2 N–H and O–H groups in total. The Morgan fingerprint density at radius 2 is 2.04 bits per heavy atom. The molecule has 1 fully saturated rings. The van der Waals surface area contributed by atoms with Gasteiger partial charge >= 0.3 is 0 Å². The van der Waals surface area contributed by atoms with Gasteiger partial charge in [-0.1, -0.05) is 25.4 Å². The van der Waals surface area contributed by atoms with Crippen LogP contribution in [-0.4, -0.2) is 44.2 Å². The van der Waals surface area contributed by atoms with Gasteiger partial charge in [0, 0.05) is 18.7 Å². The second kappa shape index (κ2) is 8.58. The van der Waals surface area contributed by atoms with Crippen LogP contribution in [0.1, 0.15) is 37.0 Å². The second-order valence-electron chi connectivity index (χ2n) is 6.67. The Morgan fingerprint density at radius 1 is 1.38 bits per heavy atom. The van der Waals surface area contributed by atoms with Gasteiger partial charge in [-0.2, -0.15) is 0 Å². The summed E-state index contributed by atoms with van der Waals surface area (Å²) in [5.74, 6) is 1.84. The Labute approximate surface area is 149 Å². The minimum atomic E-state index is -0.0268. The highest BCUT2D eigenvalue weighted by Gasteiger charge is 2.24. The van der Waals surface area contributed by atoms with Crippen LogP contribution < -0.4 is 15.2 Å². The van der Waals surface area contributed by atoms with Gasteiger partial charge in [0.1, 0.15) is 0 Å². The monoisotopic (exact) mass is 354 g/mol. The zero-order valence-corrected chi connectivity index (χ0v) is 15.4. The highest BCUT2D eigenvalue weighted by atomic mass is 35.5. The molecule has 0 aromatic heterocycles. The summed E-state index contributed by atoms with van der Waals surface area (Å²) in [6.45, 7) is 6.80. The van der Waals surface area contributed by atoms with E-state index in [2.05, 4.69) is 13.8 Å². The van der Waals surface area contributed by atoms with Gasteiger partial charge in [-0.15, -0.1) is 0 Å². The van der Waals surface area contributed by atoms with E-state index in [1.165, 1.54) is 0 Å². The van der Waals surface area contributed by atoms with Gasteiger partial charge in [0.25, 0.3) is 5.91 Å². The molecule has 1 aromatic carbocycles. The molecule has 6 heteroatoms. The number of methoxy groups -OCH3 is 1. The molecule has 0 atom stereocenters. The standard InChI is InChI=1S/C18H27ClN2O3/c1-12(2)11-24-17-15(19)8-14(9-16(17)23-3)18(22)21-6-4-13(10-20)5-7-21/h8-9,12-13H,4-7,10-11,20H2,1-3H3. The molecule has 134 valence electrons. The van der Waals surface area contributed by atoms with Crippen LogP contribution in [0.25, 0.3) is 0 Å². The van der Waals surface area contributed by atoms with Gasteiger partial charge < -0.3 is 20.1 Å². The molecular weight excluding hydrogens is 328 g/mol. The molecule has 1 amide bonds. The number of carbonyl (C=O) groups is 1. The smallest absolute Gasteiger partial charge is 0.254 e. The molecule has 0 aliphatic carbocycles. The number of nitrogens with two attached hydrogens (primary N) is 1. The summed E-state index contributed by atoms with van der Waals surface area (Å²) >= 11 is 6.33. The minimum Gasteiger partial charge on any atom is -0.493 e. The van der Waals surface area contributed by atoms with Crippen molar-refractivity contribution in [3.05, 3.63) is 22.7 Å². The fourth-order valence-corrected chi connectivity index (χ4v) is 3.05. The SMILES string of the molecule is COc1cc(C(=O)N2CCC(CN)CC2)cc(Cl)c1OCC(C)C. The van der Waals surface area contributed by atoms with Gasteiger partial charge in [-0.25, -0.2) is 0 Å². The zero-order chi connectivity index (χ0) is 17.7. The third-order valence-electron chi connectivity index (χ3n) is 4.27. The predicted octanol–water partition coefficient (Wildman–Crippen LogP) is 3.19. The number of carbonyl (C=O) groups excluding carboxylic acids is 1. The number of ether oxygens (including phenoxy) is 2. The third kappa shape index (κ3) is 4.54. The van der Waals surface area contributed by atoms with Gasteiger partial charge in [-0.3, -0.25) is 4.79 Å². The van der Waals surface area contributed by atoms with Gasteiger partial charge in [0.15, 0.2) is 11.5 Å². The lowest BCUT2D eigenvalue weighted by molar-refractivity contribution is 0.0693. The summed E-state index contributed by atoms with van der Waals surface area (Å²) in [5.41, 5.74) is 6.24. The van der Waals surface area contributed by atoms with E-state index in [1.807, 2.05) is 4.90 Å². The average molecular weight is 355 g/mol.